The summed E-state index contributed by atoms with van der Waals surface area (Å²) < 4.78 is 0. The highest BCUT2D eigenvalue weighted by Crippen LogP contribution is 2.49. The lowest BCUT2D eigenvalue weighted by atomic mass is 10.1. The number of hydrogen-bond donors (Lipinski definition) is 1. The maximum Gasteiger partial charge on any atom is 0.307 e. The minimum Gasteiger partial charge on any atom is -0.481 e. The molecular weight excluding hydrogens is 223 g/mol. The fraction of sp³-hybridized carbons (Fsp3) is 0.300. The Hall–Kier alpha value is -0.730. The Morgan fingerprint density at radius 3 is 2.64 bits per heavy atom. The number of rotatable bonds is 2. The summed E-state index contributed by atoms with van der Waals surface area (Å²) >= 11 is 11.7. The van der Waals surface area contributed by atoms with Crippen molar-refractivity contribution >= 4 is 29.2 Å². The molecule has 2 nitrogen and oxygen atoms in total. The molecule has 74 valence electrons. The van der Waals surface area contributed by atoms with E-state index in [-0.39, 0.29) is 11.8 Å². The minimum atomic E-state index is -0.749. The Bertz CT molecular complexity index is 390. The lowest BCUT2D eigenvalue weighted by Gasteiger charge is -2.02. The van der Waals surface area contributed by atoms with Crippen LogP contribution in [0.3, 0.4) is 0 Å². The maximum atomic E-state index is 10.7. The molecule has 0 amide bonds. The largest absolute Gasteiger partial charge is 0.481 e. The van der Waals surface area contributed by atoms with E-state index in [0.717, 1.165) is 5.56 Å². The van der Waals surface area contributed by atoms with Gasteiger partial charge < -0.3 is 5.11 Å². The molecule has 0 heterocycles. The molecule has 1 aliphatic rings. The van der Waals surface area contributed by atoms with Crippen molar-refractivity contribution in [3.63, 3.8) is 0 Å². The van der Waals surface area contributed by atoms with Crippen LogP contribution in [0.4, 0.5) is 0 Å². The lowest BCUT2D eigenvalue weighted by Crippen LogP contribution is -1.99. The first kappa shape index (κ1) is 9.81. The van der Waals surface area contributed by atoms with Gasteiger partial charge in [0.15, 0.2) is 0 Å². The highest BCUT2D eigenvalue weighted by molar-refractivity contribution is 6.35. The van der Waals surface area contributed by atoms with Gasteiger partial charge in [0.1, 0.15) is 0 Å². The van der Waals surface area contributed by atoms with Crippen LogP contribution < -0.4 is 0 Å². The average Bonchev–Trinajstić information content (AvgIpc) is 2.83. The maximum absolute atomic E-state index is 10.7. The summed E-state index contributed by atoms with van der Waals surface area (Å²) in [5, 5.41) is 9.90. The summed E-state index contributed by atoms with van der Waals surface area (Å²) in [5.74, 6) is -0.952. The molecule has 0 bridgehead atoms. The van der Waals surface area contributed by atoms with Crippen molar-refractivity contribution in [2.24, 2.45) is 5.92 Å². The van der Waals surface area contributed by atoms with Crippen molar-refractivity contribution in [3.05, 3.63) is 33.8 Å². The van der Waals surface area contributed by atoms with E-state index in [2.05, 4.69) is 0 Å². The third-order valence-corrected chi connectivity index (χ3v) is 3.03. The van der Waals surface area contributed by atoms with E-state index < -0.39 is 5.97 Å². The molecule has 0 aromatic heterocycles. The number of carbonyl (C=O) groups is 1. The van der Waals surface area contributed by atoms with Gasteiger partial charge in [0.25, 0.3) is 0 Å². The SMILES string of the molecule is O=C(O)C1CC1c1ccc(Cl)cc1Cl. The topological polar surface area (TPSA) is 37.3 Å². The van der Waals surface area contributed by atoms with Gasteiger partial charge in [-0.1, -0.05) is 29.3 Å². The van der Waals surface area contributed by atoms with Gasteiger partial charge in [-0.3, -0.25) is 4.79 Å². The third-order valence-electron chi connectivity index (χ3n) is 2.47. The van der Waals surface area contributed by atoms with Crippen molar-refractivity contribution in [3.8, 4) is 0 Å². The zero-order valence-corrected chi connectivity index (χ0v) is 8.72. The summed E-state index contributed by atoms with van der Waals surface area (Å²) in [7, 11) is 0. The second-order valence-electron chi connectivity index (χ2n) is 3.45. The Morgan fingerprint density at radius 2 is 2.14 bits per heavy atom. The Labute approximate surface area is 91.4 Å². The van der Waals surface area contributed by atoms with Crippen LogP contribution in [0.25, 0.3) is 0 Å². The molecule has 1 aromatic rings. The van der Waals surface area contributed by atoms with Crippen molar-refractivity contribution in [2.45, 2.75) is 12.3 Å². The summed E-state index contributed by atoms with van der Waals surface area (Å²) in [6.07, 6.45) is 0.677. The molecule has 14 heavy (non-hydrogen) atoms. The Morgan fingerprint density at radius 1 is 1.43 bits per heavy atom. The Balaban J connectivity index is 2.23. The van der Waals surface area contributed by atoms with E-state index in [1.807, 2.05) is 0 Å². The molecule has 0 radical (unpaired) electrons. The molecule has 0 spiro atoms. The Kier molecular flexibility index (Phi) is 2.41. The molecule has 0 saturated heterocycles. The van der Waals surface area contributed by atoms with E-state index in [9.17, 15) is 4.79 Å². The second kappa shape index (κ2) is 3.44. The van der Waals surface area contributed by atoms with Gasteiger partial charge in [0.05, 0.1) is 5.92 Å². The highest BCUT2D eigenvalue weighted by Gasteiger charge is 2.44. The average molecular weight is 231 g/mol. The normalized spacial score (nSPS) is 24.7. The van der Waals surface area contributed by atoms with Gasteiger partial charge in [-0.15, -0.1) is 0 Å². The highest BCUT2D eigenvalue weighted by atomic mass is 35.5. The molecule has 1 aliphatic carbocycles. The molecule has 2 rings (SSSR count). The lowest BCUT2D eigenvalue weighted by molar-refractivity contribution is -0.138. The van der Waals surface area contributed by atoms with Gasteiger partial charge in [-0.2, -0.15) is 0 Å². The standard InChI is InChI=1S/C10H8Cl2O2/c11-5-1-2-6(9(12)3-5)7-4-8(7)10(13)14/h1-3,7-8H,4H2,(H,13,14). The first-order chi connectivity index (χ1) is 6.59. The van der Waals surface area contributed by atoms with Crippen LogP contribution in [-0.2, 0) is 4.79 Å². The molecule has 2 atom stereocenters. The predicted molar refractivity (Wildman–Crippen MR) is 54.9 cm³/mol. The van der Waals surface area contributed by atoms with E-state index in [1.54, 1.807) is 18.2 Å². The fourth-order valence-electron chi connectivity index (χ4n) is 1.61. The molecule has 2 unspecified atom stereocenters. The van der Waals surface area contributed by atoms with Crippen molar-refractivity contribution in [2.75, 3.05) is 0 Å². The van der Waals surface area contributed by atoms with E-state index in [4.69, 9.17) is 28.3 Å². The van der Waals surface area contributed by atoms with Crippen molar-refractivity contribution in [1.82, 2.24) is 0 Å². The van der Waals surface area contributed by atoms with Gasteiger partial charge in [-0.05, 0) is 30.0 Å². The van der Waals surface area contributed by atoms with Gasteiger partial charge in [-0.25, -0.2) is 0 Å². The molecule has 1 fully saturated rings. The number of hydrogen-bond acceptors (Lipinski definition) is 1. The zero-order chi connectivity index (χ0) is 10.3. The quantitative estimate of drug-likeness (QED) is 0.848. The minimum absolute atomic E-state index is 0.0669. The number of carboxylic acids is 1. The first-order valence-corrected chi connectivity index (χ1v) is 5.03. The summed E-state index contributed by atoms with van der Waals surface area (Å²) in [5.41, 5.74) is 0.892. The van der Waals surface area contributed by atoms with Crippen LogP contribution in [0.1, 0.15) is 17.9 Å². The van der Waals surface area contributed by atoms with Crippen LogP contribution in [0.5, 0.6) is 0 Å². The van der Waals surface area contributed by atoms with Crippen LogP contribution in [0.2, 0.25) is 10.0 Å². The number of aliphatic carboxylic acids is 1. The number of halogens is 2. The second-order valence-corrected chi connectivity index (χ2v) is 4.30. The van der Waals surface area contributed by atoms with Crippen LogP contribution in [0, 0.1) is 5.92 Å². The third kappa shape index (κ3) is 1.72. The summed E-state index contributed by atoms with van der Waals surface area (Å²) in [6, 6.07) is 5.19. The van der Waals surface area contributed by atoms with Crippen LogP contribution in [-0.4, -0.2) is 11.1 Å². The number of carboxylic acid groups (broad SMARTS) is 1. The number of benzene rings is 1. The van der Waals surface area contributed by atoms with E-state index in [1.165, 1.54) is 0 Å². The van der Waals surface area contributed by atoms with Gasteiger partial charge in [0, 0.05) is 10.0 Å². The predicted octanol–water partition coefficient (Wildman–Crippen LogP) is 3.18. The zero-order valence-electron chi connectivity index (χ0n) is 7.21. The fourth-order valence-corrected chi connectivity index (χ4v) is 2.16. The molecule has 1 aromatic carbocycles. The molecule has 1 saturated carbocycles. The summed E-state index contributed by atoms with van der Waals surface area (Å²) in [4.78, 5) is 10.7. The van der Waals surface area contributed by atoms with Gasteiger partial charge in [0.2, 0.25) is 0 Å². The monoisotopic (exact) mass is 230 g/mol. The van der Waals surface area contributed by atoms with Gasteiger partial charge >= 0.3 is 5.97 Å². The summed E-state index contributed by atoms with van der Waals surface area (Å²) in [6.45, 7) is 0. The first-order valence-electron chi connectivity index (χ1n) is 4.27. The van der Waals surface area contributed by atoms with Crippen LogP contribution in [0.15, 0.2) is 18.2 Å². The van der Waals surface area contributed by atoms with Crippen molar-refractivity contribution < 1.29 is 9.90 Å². The van der Waals surface area contributed by atoms with Crippen molar-refractivity contribution in [1.29, 1.82) is 0 Å². The molecule has 1 N–H and O–H groups in total. The smallest absolute Gasteiger partial charge is 0.307 e. The molecular formula is C10H8Cl2O2. The molecule has 0 aliphatic heterocycles. The van der Waals surface area contributed by atoms with E-state index in [0.29, 0.717) is 16.5 Å². The molecule has 4 heteroatoms. The van der Waals surface area contributed by atoms with Crippen LogP contribution >= 0.6 is 23.2 Å². The van der Waals surface area contributed by atoms with E-state index >= 15 is 0 Å².